The van der Waals surface area contributed by atoms with E-state index in [1.165, 1.54) is 48.5 Å². The van der Waals surface area contributed by atoms with Crippen molar-refractivity contribution in [2.75, 3.05) is 6.61 Å². The first-order chi connectivity index (χ1) is 23.8. The molecule has 16 heteroatoms. The molecule has 0 aliphatic carbocycles. The maximum Gasteiger partial charge on any atom is 0.360 e. The fraction of sp³-hybridized carbons (Fsp3) is 0.0588. The molecule has 6 aromatic rings. The minimum absolute atomic E-state index is 0.0227. The van der Waals surface area contributed by atoms with Crippen LogP contribution < -0.4 is 0 Å². The predicted molar refractivity (Wildman–Crippen MR) is 176 cm³/mol. The molecular weight excluding hydrogens is 802 g/mol. The van der Waals surface area contributed by atoms with E-state index in [1.807, 2.05) is 0 Å². The fourth-order valence-corrected chi connectivity index (χ4v) is 5.93. The van der Waals surface area contributed by atoms with Gasteiger partial charge in [-0.1, -0.05) is 24.3 Å². The van der Waals surface area contributed by atoms with Crippen molar-refractivity contribution in [3.05, 3.63) is 140 Å². The molecule has 0 bridgehead atoms. The summed E-state index contributed by atoms with van der Waals surface area (Å²) in [7, 11) is 0. The normalized spacial score (nSPS) is 10.8. The number of esters is 1. The van der Waals surface area contributed by atoms with Crippen molar-refractivity contribution in [3.8, 4) is 33.9 Å². The van der Waals surface area contributed by atoms with Crippen LogP contribution in [0.25, 0.3) is 33.9 Å². The summed E-state index contributed by atoms with van der Waals surface area (Å²) in [5.74, 6) is -7.57. The van der Waals surface area contributed by atoms with Crippen LogP contribution in [0.5, 0.6) is 0 Å². The van der Waals surface area contributed by atoms with E-state index in [9.17, 15) is 41.0 Å². The third-order valence-electron chi connectivity index (χ3n) is 6.87. The van der Waals surface area contributed by atoms with Gasteiger partial charge in [-0.2, -0.15) is 10.2 Å². The SMILES string of the molecule is CCOC(=O)c1nn(-c2ccccc2F)c(-c2ccc(F)c(F)c2)c1Br.O=C(O)c1nn(-c2ccccc2F)c(-c2ccc(F)c(F)c2)c1Br. The van der Waals surface area contributed by atoms with Gasteiger partial charge in [0.25, 0.3) is 0 Å². The summed E-state index contributed by atoms with van der Waals surface area (Å²) in [6.45, 7) is 1.76. The zero-order valence-electron chi connectivity index (χ0n) is 25.3. The van der Waals surface area contributed by atoms with E-state index in [4.69, 9.17) is 4.74 Å². The molecule has 0 spiro atoms. The van der Waals surface area contributed by atoms with Crippen molar-refractivity contribution in [1.29, 1.82) is 0 Å². The van der Waals surface area contributed by atoms with E-state index >= 15 is 0 Å². The van der Waals surface area contributed by atoms with Crippen LogP contribution in [0.15, 0.2) is 93.9 Å². The largest absolute Gasteiger partial charge is 0.476 e. The molecule has 0 amide bonds. The number of aromatic nitrogens is 4. The zero-order valence-corrected chi connectivity index (χ0v) is 28.4. The van der Waals surface area contributed by atoms with Gasteiger partial charge in [-0.15, -0.1) is 0 Å². The molecule has 0 saturated heterocycles. The number of halogens is 8. The number of carbonyl (C=O) groups is 2. The lowest BCUT2D eigenvalue weighted by molar-refractivity contribution is 0.0517. The van der Waals surface area contributed by atoms with Crippen LogP contribution in [0, 0.1) is 34.9 Å². The molecule has 2 heterocycles. The number of hydrogen-bond acceptors (Lipinski definition) is 5. The Morgan fingerprint density at radius 2 is 1.06 bits per heavy atom. The summed E-state index contributed by atoms with van der Waals surface area (Å²) in [6.07, 6.45) is 0. The molecule has 0 aliphatic heterocycles. The van der Waals surface area contributed by atoms with Crippen molar-refractivity contribution in [2.24, 2.45) is 0 Å². The monoisotopic (exact) mass is 820 g/mol. The van der Waals surface area contributed by atoms with Gasteiger partial charge in [-0.3, -0.25) is 0 Å². The summed E-state index contributed by atoms with van der Waals surface area (Å²) < 4.78 is 89.5. The van der Waals surface area contributed by atoms with Gasteiger partial charge in [-0.25, -0.2) is 45.3 Å². The Morgan fingerprint density at radius 1 is 0.640 bits per heavy atom. The number of carboxylic acids is 1. The Labute approximate surface area is 295 Å². The van der Waals surface area contributed by atoms with Crippen LogP contribution in [0.2, 0.25) is 0 Å². The van der Waals surface area contributed by atoms with Gasteiger partial charge < -0.3 is 9.84 Å². The third kappa shape index (κ3) is 7.21. The lowest BCUT2D eigenvalue weighted by Crippen LogP contribution is -2.08. The van der Waals surface area contributed by atoms with Crippen LogP contribution in [-0.4, -0.2) is 43.2 Å². The van der Waals surface area contributed by atoms with Gasteiger partial charge >= 0.3 is 11.9 Å². The third-order valence-corrected chi connectivity index (χ3v) is 8.38. The second-order valence-electron chi connectivity index (χ2n) is 10.0. The highest BCUT2D eigenvalue weighted by Crippen LogP contribution is 2.36. The van der Waals surface area contributed by atoms with Gasteiger partial charge in [0.2, 0.25) is 0 Å². The molecular formula is C34H20Br2F6N4O4. The van der Waals surface area contributed by atoms with E-state index in [1.54, 1.807) is 19.1 Å². The molecule has 0 aliphatic rings. The van der Waals surface area contributed by atoms with Crippen molar-refractivity contribution in [2.45, 2.75) is 6.92 Å². The molecule has 6 rings (SSSR count). The van der Waals surface area contributed by atoms with Crippen molar-refractivity contribution in [1.82, 2.24) is 19.6 Å². The topological polar surface area (TPSA) is 99.2 Å². The summed E-state index contributed by atoms with van der Waals surface area (Å²) in [5, 5.41) is 17.2. The van der Waals surface area contributed by atoms with Crippen LogP contribution in [0.1, 0.15) is 27.9 Å². The minimum Gasteiger partial charge on any atom is -0.476 e. The first-order valence-corrected chi connectivity index (χ1v) is 15.8. The van der Waals surface area contributed by atoms with Gasteiger partial charge in [0.05, 0.1) is 26.9 Å². The highest BCUT2D eigenvalue weighted by atomic mass is 79.9. The van der Waals surface area contributed by atoms with Gasteiger partial charge in [-0.05, 0) is 99.4 Å². The number of ether oxygens (including phenoxy) is 1. The van der Waals surface area contributed by atoms with Crippen molar-refractivity contribution in [3.63, 3.8) is 0 Å². The fourth-order valence-electron chi connectivity index (χ4n) is 4.65. The van der Waals surface area contributed by atoms with Gasteiger partial charge in [0.1, 0.15) is 23.0 Å². The van der Waals surface area contributed by atoms with E-state index in [2.05, 4.69) is 42.1 Å². The molecule has 0 saturated carbocycles. The second-order valence-corrected chi connectivity index (χ2v) is 11.6. The van der Waals surface area contributed by atoms with E-state index in [-0.39, 0.29) is 60.8 Å². The number of carbonyl (C=O) groups excluding carboxylic acids is 1. The van der Waals surface area contributed by atoms with Crippen LogP contribution in [0.4, 0.5) is 26.3 Å². The average Bonchev–Trinajstić information content (AvgIpc) is 3.61. The molecule has 50 heavy (non-hydrogen) atoms. The molecule has 0 radical (unpaired) electrons. The average molecular weight is 822 g/mol. The molecule has 0 unspecified atom stereocenters. The highest BCUT2D eigenvalue weighted by molar-refractivity contribution is 9.11. The van der Waals surface area contributed by atoms with Crippen LogP contribution in [-0.2, 0) is 4.74 Å². The predicted octanol–water partition coefficient (Wildman–Crippen LogP) is 9.31. The Kier molecular flexibility index (Phi) is 10.9. The number of para-hydroxylation sites is 2. The summed E-state index contributed by atoms with van der Waals surface area (Å²) in [4.78, 5) is 23.5. The minimum atomic E-state index is -1.35. The highest BCUT2D eigenvalue weighted by Gasteiger charge is 2.27. The summed E-state index contributed by atoms with van der Waals surface area (Å²) >= 11 is 6.35. The molecule has 1 N–H and O–H groups in total. The first kappa shape index (κ1) is 36.1. The molecule has 0 atom stereocenters. The quantitative estimate of drug-likeness (QED) is 0.127. The number of benzene rings is 4. The molecule has 2 aromatic heterocycles. The lowest BCUT2D eigenvalue weighted by Gasteiger charge is -2.09. The van der Waals surface area contributed by atoms with Crippen LogP contribution >= 0.6 is 31.9 Å². The molecule has 8 nitrogen and oxygen atoms in total. The van der Waals surface area contributed by atoms with E-state index in [0.29, 0.717) is 0 Å². The van der Waals surface area contributed by atoms with Crippen LogP contribution in [0.3, 0.4) is 0 Å². The first-order valence-electron chi connectivity index (χ1n) is 14.2. The number of carboxylic acid groups (broad SMARTS) is 1. The van der Waals surface area contributed by atoms with Crippen molar-refractivity contribution >= 4 is 43.8 Å². The number of aromatic carboxylic acids is 1. The summed E-state index contributed by atoms with van der Waals surface area (Å²) in [5.41, 5.74) is 0.182. The maximum absolute atomic E-state index is 14.3. The second kappa shape index (κ2) is 15.1. The molecule has 4 aromatic carbocycles. The number of rotatable bonds is 7. The standard InChI is InChI=1S/C18H12BrF3N2O2.C16H8BrF3N2O2/c1-2-26-18(25)16-15(19)17(10-7-8-11(20)13(22)9-10)24(23-16)14-6-4-3-5-12(14)21;17-13-14(16(23)24)21-22(12-4-2-1-3-10(12)19)15(13)8-5-6-9(18)11(20)7-8/h3-9H,2H2,1H3;1-7H,(H,23,24). The lowest BCUT2D eigenvalue weighted by atomic mass is 10.1. The smallest absolute Gasteiger partial charge is 0.360 e. The van der Waals surface area contributed by atoms with Crippen molar-refractivity contribution < 1.29 is 45.8 Å². The Balaban J connectivity index is 0.000000195. The number of nitrogens with zero attached hydrogens (tertiary/aromatic N) is 4. The molecule has 256 valence electrons. The Bertz CT molecular complexity index is 2260. The van der Waals surface area contributed by atoms with Gasteiger partial charge in [0.15, 0.2) is 34.7 Å². The number of hydrogen-bond donors (Lipinski definition) is 1. The van der Waals surface area contributed by atoms with E-state index < -0.39 is 46.8 Å². The summed E-state index contributed by atoms with van der Waals surface area (Å²) in [6, 6.07) is 17.6. The Hall–Kier alpha value is -5.22. The molecule has 0 fully saturated rings. The zero-order chi connectivity index (χ0) is 36.3. The Morgan fingerprint density at radius 3 is 1.46 bits per heavy atom. The van der Waals surface area contributed by atoms with Gasteiger partial charge in [0, 0.05) is 11.1 Å². The maximum atomic E-state index is 14.3. The van der Waals surface area contributed by atoms with E-state index in [0.717, 1.165) is 33.6 Å².